The average Bonchev–Trinajstić information content (AvgIpc) is 3.71. The van der Waals surface area contributed by atoms with E-state index < -0.39 is 44.5 Å². The molecule has 2 aromatic rings. The molecular formula is C42H74Br2N6O10Si2. The predicted molar refractivity (Wildman–Crippen MR) is 250 cm³/mol. The number of carbonyl (C=O) groups is 3. The number of rotatable bonds is 16. The first-order chi connectivity index (χ1) is 28.5. The van der Waals surface area contributed by atoms with Crippen LogP contribution in [-0.4, -0.2) is 133 Å². The standard InChI is InChI=1S/C23H40BrN3O6Si.C19H34BrN3O4Si/c1-8-31-20(28)16-32-23(9-11-26(12-10-23)21(29)33-22(2,3)4)18-15-19(24)27(25-18)17-30-13-14-34(5,6)7;1-18(2,3)27-17(24)22-9-7-19(25,8-10-22)15-13-16(20)23(21-15)14-26-11-12-28(4,5)6/h15H,8-14,16-17H2,1-7H3;13,25H,7-12,14H2,1-6H3. The topological polar surface area (TPSA) is 169 Å². The molecule has 0 unspecified atom stereocenters. The van der Waals surface area contributed by atoms with Crippen LogP contribution in [0.15, 0.2) is 21.3 Å². The first-order valence-corrected chi connectivity index (χ1v) is 30.6. The van der Waals surface area contributed by atoms with Gasteiger partial charge in [0, 0.05) is 68.4 Å². The lowest BCUT2D eigenvalue weighted by atomic mass is 9.88. The van der Waals surface area contributed by atoms with Crippen molar-refractivity contribution in [3.63, 3.8) is 0 Å². The third-order valence-electron chi connectivity index (χ3n) is 10.1. The van der Waals surface area contributed by atoms with Crippen LogP contribution in [0.2, 0.25) is 51.4 Å². The zero-order chi connectivity index (χ0) is 46.7. The van der Waals surface area contributed by atoms with Gasteiger partial charge >= 0.3 is 18.2 Å². The van der Waals surface area contributed by atoms with Crippen LogP contribution in [0.4, 0.5) is 9.59 Å². The lowest BCUT2D eigenvalue weighted by Crippen LogP contribution is -2.48. The summed E-state index contributed by atoms with van der Waals surface area (Å²) in [6.07, 6.45) is 1.11. The van der Waals surface area contributed by atoms with Crippen LogP contribution in [0.25, 0.3) is 0 Å². The van der Waals surface area contributed by atoms with Gasteiger partial charge < -0.3 is 43.3 Å². The molecule has 2 aliphatic rings. The molecule has 16 nitrogen and oxygen atoms in total. The van der Waals surface area contributed by atoms with E-state index in [-0.39, 0.29) is 25.4 Å². The summed E-state index contributed by atoms with van der Waals surface area (Å²) in [6, 6.07) is 5.91. The molecule has 2 fully saturated rings. The van der Waals surface area contributed by atoms with Gasteiger partial charge in [0.25, 0.3) is 0 Å². The van der Waals surface area contributed by atoms with Crippen LogP contribution in [0.3, 0.4) is 0 Å². The number of amides is 2. The second kappa shape index (κ2) is 22.7. The van der Waals surface area contributed by atoms with Crippen molar-refractivity contribution in [1.82, 2.24) is 29.4 Å². The Hall–Kier alpha value is -2.34. The van der Waals surface area contributed by atoms with Crippen molar-refractivity contribution in [1.29, 1.82) is 0 Å². The molecule has 2 aromatic heterocycles. The molecule has 0 aliphatic carbocycles. The second-order valence-electron chi connectivity index (χ2n) is 20.5. The number of carbonyl (C=O) groups excluding carboxylic acids is 3. The monoisotopic (exact) mass is 1040 g/mol. The second-order valence-corrected chi connectivity index (χ2v) is 33.3. The number of hydrogen-bond acceptors (Lipinski definition) is 12. The number of esters is 1. The smallest absolute Gasteiger partial charge is 0.410 e. The van der Waals surface area contributed by atoms with Crippen LogP contribution in [0, 0.1) is 0 Å². The van der Waals surface area contributed by atoms with Crippen LogP contribution in [-0.2, 0) is 57.9 Å². The van der Waals surface area contributed by atoms with E-state index in [0.29, 0.717) is 89.9 Å². The van der Waals surface area contributed by atoms with Crippen LogP contribution in [0.1, 0.15) is 85.5 Å². The summed E-state index contributed by atoms with van der Waals surface area (Å²) in [5.74, 6) is -0.426. The molecule has 0 saturated carbocycles. The van der Waals surface area contributed by atoms with Gasteiger partial charge in [0.2, 0.25) is 0 Å². The van der Waals surface area contributed by atoms with E-state index in [1.807, 2.05) is 53.7 Å². The summed E-state index contributed by atoms with van der Waals surface area (Å²) in [5, 5.41) is 20.4. The zero-order valence-electron chi connectivity index (χ0n) is 39.5. The van der Waals surface area contributed by atoms with Gasteiger partial charge in [-0.05, 0) is 117 Å². The molecule has 0 aromatic carbocycles. The number of nitrogens with zero attached hydrogens (tertiary/aromatic N) is 6. The lowest BCUT2D eigenvalue weighted by molar-refractivity contribution is -0.161. The Balaban J connectivity index is 0.000000336. The lowest BCUT2D eigenvalue weighted by Gasteiger charge is -2.40. The average molecular weight is 1040 g/mol. The van der Waals surface area contributed by atoms with Gasteiger partial charge in [-0.2, -0.15) is 10.2 Å². The fourth-order valence-electron chi connectivity index (χ4n) is 6.37. The summed E-state index contributed by atoms with van der Waals surface area (Å²) in [6.45, 7) is 30.6. The van der Waals surface area contributed by atoms with Gasteiger partial charge in [-0.25, -0.2) is 23.7 Å². The maximum absolute atomic E-state index is 12.5. The van der Waals surface area contributed by atoms with E-state index >= 15 is 0 Å². The first-order valence-electron chi connectivity index (χ1n) is 21.6. The minimum Gasteiger partial charge on any atom is -0.464 e. The van der Waals surface area contributed by atoms with Crippen molar-refractivity contribution in [3.05, 3.63) is 32.7 Å². The normalized spacial score (nSPS) is 17.0. The number of likely N-dealkylation sites (tertiary alicyclic amines) is 2. The van der Waals surface area contributed by atoms with Gasteiger partial charge in [0.15, 0.2) is 0 Å². The quantitative estimate of drug-likeness (QED) is 0.0735. The number of halogens is 2. The number of ether oxygens (including phenoxy) is 6. The van der Waals surface area contributed by atoms with Gasteiger partial charge in [-0.3, -0.25) is 0 Å². The molecule has 20 heteroatoms. The van der Waals surface area contributed by atoms with Crippen LogP contribution >= 0.6 is 31.9 Å². The van der Waals surface area contributed by atoms with E-state index in [1.54, 1.807) is 26.1 Å². The SMILES string of the molecule is CC(C)(C)OC(=O)N1CCC(O)(c2cc(Br)n(COCC[Si](C)(C)C)n2)CC1.CCOC(=O)COC1(c2cc(Br)n(COCC[Si](C)(C)C)n2)CCN(C(=O)OC(C)(C)C)CC1. The van der Waals surface area contributed by atoms with E-state index in [9.17, 15) is 19.5 Å². The number of hydrogen-bond donors (Lipinski definition) is 1. The molecule has 0 radical (unpaired) electrons. The Labute approximate surface area is 388 Å². The number of aliphatic hydroxyl groups is 1. The van der Waals surface area contributed by atoms with E-state index in [4.69, 9.17) is 33.5 Å². The molecular weight excluding hydrogens is 964 g/mol. The molecule has 0 bridgehead atoms. The highest BCUT2D eigenvalue weighted by atomic mass is 79.9. The fourth-order valence-corrected chi connectivity index (χ4v) is 8.68. The summed E-state index contributed by atoms with van der Waals surface area (Å²) >= 11 is 7.07. The van der Waals surface area contributed by atoms with Gasteiger partial charge in [-0.1, -0.05) is 39.3 Å². The van der Waals surface area contributed by atoms with Gasteiger partial charge in [0.1, 0.15) is 51.7 Å². The highest BCUT2D eigenvalue weighted by Gasteiger charge is 2.43. The van der Waals surface area contributed by atoms with Crippen molar-refractivity contribution >= 4 is 66.2 Å². The fraction of sp³-hybridized carbons (Fsp3) is 0.786. The predicted octanol–water partition coefficient (Wildman–Crippen LogP) is 8.94. The van der Waals surface area contributed by atoms with Crippen molar-refractivity contribution in [2.45, 2.75) is 161 Å². The Morgan fingerprint density at radius 3 is 1.52 bits per heavy atom. The van der Waals surface area contributed by atoms with Crippen molar-refractivity contribution in [2.24, 2.45) is 0 Å². The van der Waals surface area contributed by atoms with Crippen molar-refractivity contribution < 1.29 is 47.9 Å². The van der Waals surface area contributed by atoms with E-state index in [0.717, 1.165) is 21.3 Å². The summed E-state index contributed by atoms with van der Waals surface area (Å²) in [5.41, 5.74) is -1.66. The van der Waals surface area contributed by atoms with Gasteiger partial charge in [-0.15, -0.1) is 0 Å². The van der Waals surface area contributed by atoms with Crippen molar-refractivity contribution in [2.75, 3.05) is 52.6 Å². The highest BCUT2D eigenvalue weighted by molar-refractivity contribution is 9.10. The Morgan fingerprint density at radius 1 is 0.710 bits per heavy atom. The van der Waals surface area contributed by atoms with E-state index in [1.165, 1.54) is 0 Å². The Morgan fingerprint density at radius 2 is 1.11 bits per heavy atom. The van der Waals surface area contributed by atoms with E-state index in [2.05, 4.69) is 76.2 Å². The third kappa shape index (κ3) is 18.3. The molecule has 4 heterocycles. The summed E-state index contributed by atoms with van der Waals surface area (Å²) < 4.78 is 38.8. The van der Waals surface area contributed by atoms with Gasteiger partial charge in [0.05, 0.1) is 18.0 Å². The zero-order valence-corrected chi connectivity index (χ0v) is 44.7. The molecule has 2 saturated heterocycles. The maximum atomic E-state index is 12.5. The molecule has 1 N–H and O–H groups in total. The van der Waals surface area contributed by atoms with Crippen LogP contribution in [0.5, 0.6) is 0 Å². The minimum absolute atomic E-state index is 0.183. The molecule has 62 heavy (non-hydrogen) atoms. The molecule has 354 valence electrons. The maximum Gasteiger partial charge on any atom is 0.410 e. The Bertz CT molecular complexity index is 1750. The summed E-state index contributed by atoms with van der Waals surface area (Å²) in [7, 11) is -2.30. The molecule has 2 amide bonds. The van der Waals surface area contributed by atoms with Crippen LogP contribution < -0.4 is 0 Å². The third-order valence-corrected chi connectivity index (χ3v) is 14.7. The Kier molecular flexibility index (Phi) is 19.8. The molecule has 0 atom stereocenters. The molecule has 4 rings (SSSR count). The molecule has 0 spiro atoms. The number of aromatic nitrogens is 4. The minimum atomic E-state index is -1.17. The largest absolute Gasteiger partial charge is 0.464 e. The summed E-state index contributed by atoms with van der Waals surface area (Å²) in [4.78, 5) is 40.1. The first kappa shape index (κ1) is 54.0. The highest BCUT2D eigenvalue weighted by Crippen LogP contribution is 2.38. The number of piperidine rings is 2. The molecule has 2 aliphatic heterocycles. The van der Waals surface area contributed by atoms with Crippen molar-refractivity contribution in [3.8, 4) is 0 Å².